The zero-order chi connectivity index (χ0) is 22.7. The third-order valence-corrected chi connectivity index (χ3v) is 6.02. The molecule has 2 rings (SSSR count). The normalized spacial score (nSPS) is 14.9. The van der Waals surface area contributed by atoms with Gasteiger partial charge in [0.1, 0.15) is 10.8 Å². The third kappa shape index (κ3) is 4.10. The van der Waals surface area contributed by atoms with Crippen molar-refractivity contribution in [3.63, 3.8) is 0 Å². The number of hydrogen-bond acceptors (Lipinski definition) is 4. The highest BCUT2D eigenvalue weighted by atomic mass is 79.9. The quantitative estimate of drug-likeness (QED) is 0.375. The molecule has 10 heteroatoms. The zero-order valence-corrected chi connectivity index (χ0v) is 18.4. The van der Waals surface area contributed by atoms with Crippen LogP contribution in [0, 0.1) is 0 Å². The number of carboxylic acids is 4. The minimum atomic E-state index is -2.63. The van der Waals surface area contributed by atoms with Crippen molar-refractivity contribution in [2.24, 2.45) is 0 Å². The fourth-order valence-corrected chi connectivity index (χ4v) is 4.21. The van der Waals surface area contributed by atoms with E-state index >= 15 is 0 Å². The summed E-state index contributed by atoms with van der Waals surface area (Å²) < 4.78 is 1.09. The first kappa shape index (κ1) is 23.6. The van der Waals surface area contributed by atoms with Crippen molar-refractivity contribution in [1.82, 2.24) is 0 Å². The highest BCUT2D eigenvalue weighted by molar-refractivity contribution is 9.10. The Kier molecular flexibility index (Phi) is 7.04. The van der Waals surface area contributed by atoms with E-state index in [2.05, 4.69) is 31.9 Å². The van der Waals surface area contributed by atoms with E-state index in [0.717, 1.165) is 0 Å². The summed E-state index contributed by atoms with van der Waals surface area (Å²) in [5.41, 5.74) is -5.55. The summed E-state index contributed by atoms with van der Waals surface area (Å²) in [7, 11) is 0. The maximum atomic E-state index is 12.7. The fourth-order valence-electron chi connectivity index (χ4n) is 3.68. The van der Waals surface area contributed by atoms with Gasteiger partial charge in [-0.1, -0.05) is 56.1 Å². The molecule has 0 heterocycles. The molecule has 0 fully saturated rings. The second kappa shape index (κ2) is 8.97. The maximum Gasteiger partial charge on any atom is 0.316 e. The molecular weight excluding hydrogens is 528 g/mol. The molecule has 0 aliphatic rings. The van der Waals surface area contributed by atoms with Crippen molar-refractivity contribution in [1.29, 1.82) is 0 Å². The van der Waals surface area contributed by atoms with E-state index < -0.39 is 47.5 Å². The lowest BCUT2D eigenvalue weighted by Gasteiger charge is -2.44. The minimum absolute atomic E-state index is 0.146. The van der Waals surface area contributed by atoms with Crippen molar-refractivity contribution >= 4 is 55.7 Å². The lowest BCUT2D eigenvalue weighted by molar-refractivity contribution is -0.166. The third-order valence-electron chi connectivity index (χ3n) is 4.97. The number of hydrogen-bond donors (Lipinski definition) is 4. The standard InChI is InChI=1S/C20H16Br2O8/c21-13-5-1-11(2-6-13)19(17(27)28,9-15(23)24)20(18(29)30,10-16(25)26)12-3-7-14(22)8-4-12/h1-8H,9-10H2,(H,23,24)(H,25,26)(H,27,28)(H,29,30). The van der Waals surface area contributed by atoms with Crippen LogP contribution in [-0.2, 0) is 30.0 Å². The van der Waals surface area contributed by atoms with Gasteiger partial charge in [0.05, 0.1) is 12.8 Å². The molecule has 0 saturated carbocycles. The second-order valence-corrected chi connectivity index (χ2v) is 8.41. The van der Waals surface area contributed by atoms with Crippen molar-refractivity contribution in [2.45, 2.75) is 23.7 Å². The van der Waals surface area contributed by atoms with E-state index in [1.54, 1.807) is 0 Å². The average Bonchev–Trinajstić information content (AvgIpc) is 2.65. The molecule has 158 valence electrons. The zero-order valence-electron chi connectivity index (χ0n) is 15.2. The van der Waals surface area contributed by atoms with Gasteiger partial charge in [-0.05, 0) is 35.4 Å². The van der Waals surface area contributed by atoms with E-state index in [1.807, 2.05) is 0 Å². The van der Waals surface area contributed by atoms with Gasteiger partial charge in [0.15, 0.2) is 0 Å². The van der Waals surface area contributed by atoms with Crippen molar-refractivity contribution in [3.8, 4) is 0 Å². The number of rotatable bonds is 9. The summed E-state index contributed by atoms with van der Waals surface area (Å²) in [6.45, 7) is 0. The van der Waals surface area contributed by atoms with E-state index in [-0.39, 0.29) is 11.1 Å². The molecule has 0 saturated heterocycles. The van der Waals surface area contributed by atoms with Crippen LogP contribution < -0.4 is 0 Å². The van der Waals surface area contributed by atoms with Gasteiger partial charge in [-0.15, -0.1) is 0 Å². The molecule has 0 bridgehead atoms. The summed E-state index contributed by atoms with van der Waals surface area (Å²) in [6.07, 6.45) is -2.31. The first-order valence-electron chi connectivity index (χ1n) is 8.40. The smallest absolute Gasteiger partial charge is 0.316 e. The number of carbonyl (C=O) groups is 4. The predicted octanol–water partition coefficient (Wildman–Crippen LogP) is 3.51. The summed E-state index contributed by atoms with van der Waals surface area (Å²) in [6, 6.07) is 10.8. The molecule has 2 aromatic carbocycles. The fraction of sp³-hybridized carbons (Fsp3) is 0.200. The van der Waals surface area contributed by atoms with Crippen LogP contribution >= 0.6 is 31.9 Å². The van der Waals surface area contributed by atoms with E-state index in [0.29, 0.717) is 8.95 Å². The molecule has 0 amide bonds. The lowest BCUT2D eigenvalue weighted by Crippen LogP contribution is -2.60. The van der Waals surface area contributed by atoms with Crippen LogP contribution in [0.3, 0.4) is 0 Å². The maximum absolute atomic E-state index is 12.7. The van der Waals surface area contributed by atoms with Crippen LogP contribution in [0.25, 0.3) is 0 Å². The minimum Gasteiger partial charge on any atom is -0.481 e. The molecule has 0 aliphatic carbocycles. The first-order chi connectivity index (χ1) is 14.0. The van der Waals surface area contributed by atoms with E-state index in [9.17, 15) is 39.6 Å². The van der Waals surface area contributed by atoms with Gasteiger partial charge in [0.25, 0.3) is 0 Å². The highest BCUT2D eigenvalue weighted by Crippen LogP contribution is 2.50. The Hall–Kier alpha value is -2.72. The molecule has 0 aromatic heterocycles. The molecule has 8 nitrogen and oxygen atoms in total. The monoisotopic (exact) mass is 542 g/mol. The number of benzene rings is 2. The topological polar surface area (TPSA) is 149 Å². The first-order valence-corrected chi connectivity index (χ1v) is 9.98. The van der Waals surface area contributed by atoms with Crippen molar-refractivity contribution < 1.29 is 39.6 Å². The van der Waals surface area contributed by atoms with E-state index in [1.165, 1.54) is 48.5 Å². The molecule has 0 radical (unpaired) electrons. The Bertz CT molecular complexity index is 905. The van der Waals surface area contributed by atoms with Crippen molar-refractivity contribution in [2.75, 3.05) is 0 Å². The molecule has 2 atom stereocenters. The number of aliphatic carboxylic acids is 4. The summed E-state index contributed by atoms with van der Waals surface area (Å²) in [5.74, 6) is -6.71. The average molecular weight is 544 g/mol. The predicted molar refractivity (Wildman–Crippen MR) is 111 cm³/mol. The van der Waals surface area contributed by atoms with E-state index in [4.69, 9.17) is 0 Å². The Balaban J connectivity index is 3.07. The van der Waals surface area contributed by atoms with Gasteiger partial charge in [0, 0.05) is 8.95 Å². The van der Waals surface area contributed by atoms with Gasteiger partial charge >= 0.3 is 23.9 Å². The number of halogens is 2. The molecule has 2 unspecified atom stereocenters. The molecular formula is C20H16Br2O8. The van der Waals surface area contributed by atoms with Gasteiger partial charge in [-0.2, -0.15) is 0 Å². The highest BCUT2D eigenvalue weighted by Gasteiger charge is 2.65. The van der Waals surface area contributed by atoms with Gasteiger partial charge < -0.3 is 20.4 Å². The molecule has 0 spiro atoms. The Morgan fingerprint density at radius 1 is 0.600 bits per heavy atom. The summed E-state index contributed by atoms with van der Waals surface area (Å²) in [5, 5.41) is 39.7. The SMILES string of the molecule is O=C(O)CC(C(=O)O)(c1ccc(Br)cc1)C(CC(=O)O)(C(=O)O)c1ccc(Br)cc1. The Labute approximate surface area is 187 Å². The Morgan fingerprint density at radius 3 is 1.07 bits per heavy atom. The molecule has 0 aliphatic heterocycles. The van der Waals surface area contributed by atoms with Gasteiger partial charge in [0.2, 0.25) is 0 Å². The van der Waals surface area contributed by atoms with Gasteiger partial charge in [-0.25, -0.2) is 0 Å². The van der Waals surface area contributed by atoms with Crippen LogP contribution in [0.2, 0.25) is 0 Å². The van der Waals surface area contributed by atoms with Crippen LogP contribution in [0.5, 0.6) is 0 Å². The summed E-state index contributed by atoms with van der Waals surface area (Å²) >= 11 is 6.39. The lowest BCUT2D eigenvalue weighted by atomic mass is 9.54. The summed E-state index contributed by atoms with van der Waals surface area (Å²) in [4.78, 5) is 48.9. The van der Waals surface area contributed by atoms with Crippen LogP contribution in [0.4, 0.5) is 0 Å². The molecule has 2 aromatic rings. The number of carboxylic acid groups (broad SMARTS) is 4. The molecule has 30 heavy (non-hydrogen) atoms. The van der Waals surface area contributed by atoms with Gasteiger partial charge in [-0.3, -0.25) is 19.2 Å². The van der Waals surface area contributed by atoms with Crippen molar-refractivity contribution in [3.05, 3.63) is 68.6 Å². The van der Waals surface area contributed by atoms with Crippen LogP contribution in [-0.4, -0.2) is 44.3 Å². The molecule has 4 N–H and O–H groups in total. The van der Waals surface area contributed by atoms with Crippen LogP contribution in [0.15, 0.2) is 57.5 Å². The second-order valence-electron chi connectivity index (χ2n) is 6.58. The van der Waals surface area contributed by atoms with Crippen LogP contribution in [0.1, 0.15) is 24.0 Å². The Morgan fingerprint density at radius 2 is 0.867 bits per heavy atom. The largest absolute Gasteiger partial charge is 0.481 e.